The average molecular weight is 258 g/mol. The zero-order valence-electron chi connectivity index (χ0n) is 9.66. The minimum absolute atomic E-state index is 0.269. The maximum atomic E-state index is 13.6. The first-order valence-corrected chi connectivity index (χ1v) is 6.33. The topological polar surface area (TPSA) is 35.2 Å². The maximum absolute atomic E-state index is 13.6. The Morgan fingerprint density at radius 3 is 2.82 bits per heavy atom. The highest BCUT2D eigenvalue weighted by atomic mass is 35.5. The lowest BCUT2D eigenvalue weighted by Crippen LogP contribution is -2.22. The molecule has 0 aliphatic carbocycles. The lowest BCUT2D eigenvalue weighted by atomic mass is 9.90. The van der Waals surface area contributed by atoms with Crippen LogP contribution in [0.5, 0.6) is 0 Å². The van der Waals surface area contributed by atoms with Gasteiger partial charge in [-0.25, -0.2) is 4.39 Å². The SMILES string of the molecule is NC(CC1CCOCC1)c1cc(Cl)ccc1F. The second-order valence-corrected chi connectivity index (χ2v) is 5.00. The van der Waals surface area contributed by atoms with Gasteiger partial charge in [-0.3, -0.25) is 0 Å². The zero-order valence-corrected chi connectivity index (χ0v) is 10.4. The summed E-state index contributed by atoms with van der Waals surface area (Å²) < 4.78 is 18.9. The molecule has 94 valence electrons. The van der Waals surface area contributed by atoms with Gasteiger partial charge < -0.3 is 10.5 Å². The summed E-state index contributed by atoms with van der Waals surface area (Å²) in [5.41, 5.74) is 6.57. The van der Waals surface area contributed by atoms with E-state index in [1.54, 1.807) is 12.1 Å². The summed E-state index contributed by atoms with van der Waals surface area (Å²) in [5, 5.41) is 0.531. The summed E-state index contributed by atoms with van der Waals surface area (Å²) in [5.74, 6) is 0.256. The third kappa shape index (κ3) is 3.41. The molecule has 0 saturated carbocycles. The monoisotopic (exact) mass is 257 g/mol. The van der Waals surface area contributed by atoms with Crippen molar-refractivity contribution in [3.8, 4) is 0 Å². The summed E-state index contributed by atoms with van der Waals surface area (Å²) in [6, 6.07) is 4.26. The number of rotatable bonds is 3. The van der Waals surface area contributed by atoms with Gasteiger partial charge in [0.2, 0.25) is 0 Å². The van der Waals surface area contributed by atoms with Crippen LogP contribution in [0.4, 0.5) is 4.39 Å². The van der Waals surface area contributed by atoms with Gasteiger partial charge in [-0.15, -0.1) is 0 Å². The summed E-state index contributed by atoms with van der Waals surface area (Å²) in [6.07, 6.45) is 2.81. The van der Waals surface area contributed by atoms with Gasteiger partial charge in [0.1, 0.15) is 5.82 Å². The maximum Gasteiger partial charge on any atom is 0.128 e. The van der Waals surface area contributed by atoms with Crippen LogP contribution in [-0.2, 0) is 4.74 Å². The molecule has 1 aromatic carbocycles. The number of benzene rings is 1. The molecule has 2 N–H and O–H groups in total. The van der Waals surface area contributed by atoms with Crippen molar-refractivity contribution in [2.45, 2.75) is 25.3 Å². The van der Waals surface area contributed by atoms with Crippen LogP contribution in [-0.4, -0.2) is 13.2 Å². The van der Waals surface area contributed by atoms with Crippen LogP contribution in [0.25, 0.3) is 0 Å². The number of halogens is 2. The highest BCUT2D eigenvalue weighted by molar-refractivity contribution is 6.30. The Kier molecular flexibility index (Phi) is 4.37. The molecule has 0 radical (unpaired) electrons. The quantitative estimate of drug-likeness (QED) is 0.902. The molecule has 2 rings (SSSR count). The summed E-state index contributed by atoms with van der Waals surface area (Å²) >= 11 is 5.86. The average Bonchev–Trinajstić information content (AvgIpc) is 2.33. The molecule has 2 nitrogen and oxygen atoms in total. The van der Waals surface area contributed by atoms with Gasteiger partial charge >= 0.3 is 0 Å². The molecule has 0 bridgehead atoms. The lowest BCUT2D eigenvalue weighted by molar-refractivity contribution is 0.0617. The lowest BCUT2D eigenvalue weighted by Gasteiger charge is -2.25. The van der Waals surface area contributed by atoms with Gasteiger partial charge in [0.25, 0.3) is 0 Å². The van der Waals surface area contributed by atoms with E-state index in [1.165, 1.54) is 6.07 Å². The van der Waals surface area contributed by atoms with Gasteiger partial charge in [0, 0.05) is 29.8 Å². The molecule has 1 heterocycles. The smallest absolute Gasteiger partial charge is 0.128 e. The summed E-state index contributed by atoms with van der Waals surface area (Å²) in [6.45, 7) is 1.57. The van der Waals surface area contributed by atoms with E-state index in [0.29, 0.717) is 16.5 Å². The standard InChI is InChI=1S/C13H17ClFNO/c14-10-1-2-12(15)11(8-10)13(16)7-9-3-5-17-6-4-9/h1-2,8-9,13H,3-7,16H2. The van der Waals surface area contributed by atoms with Crippen LogP contribution in [0.3, 0.4) is 0 Å². The van der Waals surface area contributed by atoms with Crippen molar-refractivity contribution < 1.29 is 9.13 Å². The largest absolute Gasteiger partial charge is 0.381 e. The molecule has 1 fully saturated rings. The van der Waals surface area contributed by atoms with Crippen molar-refractivity contribution in [3.05, 3.63) is 34.6 Å². The fourth-order valence-corrected chi connectivity index (χ4v) is 2.45. The second kappa shape index (κ2) is 5.80. The second-order valence-electron chi connectivity index (χ2n) is 4.56. The van der Waals surface area contributed by atoms with Gasteiger partial charge in [0.15, 0.2) is 0 Å². The van der Waals surface area contributed by atoms with Crippen LogP contribution in [0.2, 0.25) is 5.02 Å². The summed E-state index contributed by atoms with van der Waals surface area (Å²) in [4.78, 5) is 0. The Balaban J connectivity index is 2.02. The van der Waals surface area contributed by atoms with Crippen molar-refractivity contribution in [2.24, 2.45) is 11.7 Å². The fraction of sp³-hybridized carbons (Fsp3) is 0.538. The van der Waals surface area contributed by atoms with Crippen LogP contribution < -0.4 is 5.73 Å². The van der Waals surface area contributed by atoms with E-state index in [4.69, 9.17) is 22.1 Å². The molecule has 1 aliphatic rings. The van der Waals surface area contributed by atoms with E-state index in [0.717, 1.165) is 32.5 Å². The highest BCUT2D eigenvalue weighted by Gasteiger charge is 2.20. The third-order valence-electron chi connectivity index (χ3n) is 3.29. The first kappa shape index (κ1) is 12.8. The zero-order chi connectivity index (χ0) is 12.3. The number of ether oxygens (including phenoxy) is 1. The van der Waals surface area contributed by atoms with Gasteiger partial charge in [-0.2, -0.15) is 0 Å². The molecular weight excluding hydrogens is 241 g/mol. The molecule has 0 aromatic heterocycles. The number of hydrogen-bond donors (Lipinski definition) is 1. The Hall–Kier alpha value is -0.640. The molecule has 1 unspecified atom stereocenters. The van der Waals surface area contributed by atoms with E-state index in [2.05, 4.69) is 0 Å². The highest BCUT2D eigenvalue weighted by Crippen LogP contribution is 2.28. The number of nitrogens with two attached hydrogens (primary N) is 1. The minimum atomic E-state index is -0.281. The molecule has 0 amide bonds. The molecule has 1 aromatic rings. The Morgan fingerprint density at radius 1 is 1.41 bits per heavy atom. The van der Waals surface area contributed by atoms with E-state index < -0.39 is 0 Å². The predicted molar refractivity (Wildman–Crippen MR) is 66.5 cm³/mol. The van der Waals surface area contributed by atoms with Crippen LogP contribution in [0, 0.1) is 11.7 Å². The van der Waals surface area contributed by atoms with Crippen molar-refractivity contribution in [1.29, 1.82) is 0 Å². The van der Waals surface area contributed by atoms with Crippen LogP contribution in [0.15, 0.2) is 18.2 Å². The van der Waals surface area contributed by atoms with Crippen molar-refractivity contribution in [2.75, 3.05) is 13.2 Å². The minimum Gasteiger partial charge on any atom is -0.381 e. The molecule has 0 spiro atoms. The van der Waals surface area contributed by atoms with E-state index >= 15 is 0 Å². The Labute approximate surface area is 106 Å². The first-order chi connectivity index (χ1) is 8.16. The molecule has 1 atom stereocenters. The van der Waals surface area contributed by atoms with Crippen molar-refractivity contribution in [3.63, 3.8) is 0 Å². The van der Waals surface area contributed by atoms with Crippen molar-refractivity contribution in [1.82, 2.24) is 0 Å². The Bertz CT molecular complexity index is 380. The van der Waals surface area contributed by atoms with E-state index in [-0.39, 0.29) is 11.9 Å². The van der Waals surface area contributed by atoms with E-state index in [9.17, 15) is 4.39 Å². The van der Waals surface area contributed by atoms with Gasteiger partial charge in [0.05, 0.1) is 0 Å². The third-order valence-corrected chi connectivity index (χ3v) is 3.52. The molecule has 1 saturated heterocycles. The fourth-order valence-electron chi connectivity index (χ4n) is 2.27. The van der Waals surface area contributed by atoms with Gasteiger partial charge in [-0.1, -0.05) is 11.6 Å². The molecule has 17 heavy (non-hydrogen) atoms. The van der Waals surface area contributed by atoms with Gasteiger partial charge in [-0.05, 0) is 43.4 Å². The molecule has 1 aliphatic heterocycles. The van der Waals surface area contributed by atoms with E-state index in [1.807, 2.05) is 0 Å². The van der Waals surface area contributed by atoms with Crippen molar-refractivity contribution >= 4 is 11.6 Å². The predicted octanol–water partition coefficient (Wildman–Crippen LogP) is 3.30. The molecule has 4 heteroatoms. The Morgan fingerprint density at radius 2 is 2.12 bits per heavy atom. The summed E-state index contributed by atoms with van der Waals surface area (Å²) in [7, 11) is 0. The normalized spacial score (nSPS) is 19.2. The van der Waals surface area contributed by atoms with Crippen LogP contribution in [0.1, 0.15) is 30.9 Å². The number of hydrogen-bond acceptors (Lipinski definition) is 2. The first-order valence-electron chi connectivity index (χ1n) is 5.95. The molecular formula is C13H17ClFNO. The van der Waals surface area contributed by atoms with Crippen LogP contribution >= 0.6 is 11.6 Å².